The van der Waals surface area contributed by atoms with Crippen LogP contribution in [0.25, 0.3) is 0 Å². The molecule has 0 unspecified atom stereocenters. The average Bonchev–Trinajstić information content (AvgIpc) is 3.20. The van der Waals surface area contributed by atoms with Crippen LogP contribution in [0.2, 0.25) is 0 Å². The lowest BCUT2D eigenvalue weighted by Crippen LogP contribution is -2.36. The van der Waals surface area contributed by atoms with Gasteiger partial charge in [0.25, 0.3) is 0 Å². The zero-order chi connectivity index (χ0) is 19.3. The van der Waals surface area contributed by atoms with Gasteiger partial charge in [-0.05, 0) is 56.1 Å². The van der Waals surface area contributed by atoms with Crippen molar-refractivity contribution in [2.24, 2.45) is 0 Å². The summed E-state index contributed by atoms with van der Waals surface area (Å²) in [5.74, 6) is 0.536. The van der Waals surface area contributed by atoms with Gasteiger partial charge in [-0.25, -0.2) is 8.42 Å². The zero-order valence-electron chi connectivity index (χ0n) is 15.6. The van der Waals surface area contributed by atoms with Crippen LogP contribution in [-0.4, -0.2) is 57.3 Å². The molecule has 7 nitrogen and oxygen atoms in total. The van der Waals surface area contributed by atoms with Crippen molar-refractivity contribution >= 4 is 33.0 Å². The second-order valence-corrected chi connectivity index (χ2v) is 9.14. The van der Waals surface area contributed by atoms with Gasteiger partial charge in [-0.2, -0.15) is 4.31 Å². The van der Waals surface area contributed by atoms with Crippen LogP contribution in [0.5, 0.6) is 5.75 Å². The fraction of sp³-hybridized carbons (Fsp3) is 0.611. The molecule has 2 aliphatic heterocycles. The highest BCUT2D eigenvalue weighted by Gasteiger charge is 2.27. The number of piperidine rings is 1. The van der Waals surface area contributed by atoms with Crippen molar-refractivity contribution in [3.63, 3.8) is 0 Å². The van der Waals surface area contributed by atoms with E-state index in [0.29, 0.717) is 36.2 Å². The topological polar surface area (TPSA) is 79.9 Å². The van der Waals surface area contributed by atoms with E-state index in [0.717, 1.165) is 38.7 Å². The Morgan fingerprint density at radius 1 is 1.30 bits per heavy atom. The van der Waals surface area contributed by atoms with Crippen molar-refractivity contribution in [3.05, 3.63) is 18.2 Å². The molecule has 0 aromatic heterocycles. The summed E-state index contributed by atoms with van der Waals surface area (Å²) in [7, 11) is -1.97. The molecule has 0 saturated carbocycles. The van der Waals surface area contributed by atoms with Gasteiger partial charge < -0.3 is 20.1 Å². The van der Waals surface area contributed by atoms with E-state index in [9.17, 15) is 8.42 Å². The SMILES string of the molecule is COc1ccc(S(=O)(=O)N2CCCCC2)cc1NC(=S)NC[C@@H]1CCCO1. The molecule has 0 bridgehead atoms. The summed E-state index contributed by atoms with van der Waals surface area (Å²) in [6.45, 7) is 2.55. The maximum atomic E-state index is 12.9. The van der Waals surface area contributed by atoms with Crippen LogP contribution in [0.3, 0.4) is 0 Å². The Hall–Kier alpha value is -1.42. The molecule has 0 aliphatic carbocycles. The van der Waals surface area contributed by atoms with E-state index in [1.54, 1.807) is 29.6 Å². The van der Waals surface area contributed by atoms with E-state index >= 15 is 0 Å². The molecule has 1 atom stereocenters. The minimum absolute atomic E-state index is 0.164. The molecule has 0 amide bonds. The Labute approximate surface area is 166 Å². The molecule has 2 N–H and O–H groups in total. The normalized spacial score (nSPS) is 21.0. The molecule has 1 aromatic carbocycles. The van der Waals surface area contributed by atoms with Gasteiger partial charge in [0.15, 0.2) is 5.11 Å². The quantitative estimate of drug-likeness (QED) is 0.693. The molecule has 2 saturated heterocycles. The van der Waals surface area contributed by atoms with Gasteiger partial charge >= 0.3 is 0 Å². The Morgan fingerprint density at radius 2 is 2.07 bits per heavy atom. The Balaban J connectivity index is 1.71. The van der Waals surface area contributed by atoms with Crippen LogP contribution < -0.4 is 15.4 Å². The summed E-state index contributed by atoms with van der Waals surface area (Å²) >= 11 is 5.35. The minimum Gasteiger partial charge on any atom is -0.495 e. The van der Waals surface area contributed by atoms with Crippen molar-refractivity contribution in [1.82, 2.24) is 9.62 Å². The number of ether oxygens (including phenoxy) is 2. The second kappa shape index (κ2) is 9.18. The van der Waals surface area contributed by atoms with E-state index < -0.39 is 10.0 Å². The monoisotopic (exact) mass is 413 g/mol. The van der Waals surface area contributed by atoms with Crippen LogP contribution in [0, 0.1) is 0 Å². The van der Waals surface area contributed by atoms with Crippen molar-refractivity contribution in [2.45, 2.75) is 43.1 Å². The Morgan fingerprint density at radius 3 is 2.74 bits per heavy atom. The van der Waals surface area contributed by atoms with Gasteiger partial charge in [-0.1, -0.05) is 6.42 Å². The maximum Gasteiger partial charge on any atom is 0.243 e. The summed E-state index contributed by atoms with van der Waals surface area (Å²) in [6.07, 6.45) is 5.12. The average molecular weight is 414 g/mol. The first-order valence-corrected chi connectivity index (χ1v) is 11.2. The van der Waals surface area contributed by atoms with Crippen molar-refractivity contribution in [1.29, 1.82) is 0 Å². The molecule has 3 rings (SSSR count). The van der Waals surface area contributed by atoms with Crippen LogP contribution in [-0.2, 0) is 14.8 Å². The van der Waals surface area contributed by atoms with Gasteiger partial charge in [0.05, 0.1) is 23.8 Å². The standard InChI is InChI=1S/C18H27N3O4S2/c1-24-17-8-7-15(27(22,23)21-9-3-2-4-10-21)12-16(17)20-18(26)19-13-14-6-5-11-25-14/h7-8,12,14H,2-6,9-11,13H2,1H3,(H2,19,20,26)/t14-/m0/s1. The minimum atomic E-state index is -3.52. The number of methoxy groups -OCH3 is 1. The first-order chi connectivity index (χ1) is 13.0. The number of nitrogens with zero attached hydrogens (tertiary/aromatic N) is 1. The highest BCUT2D eigenvalue weighted by Crippen LogP contribution is 2.30. The van der Waals surface area contributed by atoms with Crippen LogP contribution in [0.15, 0.2) is 23.1 Å². The molecule has 9 heteroatoms. The van der Waals surface area contributed by atoms with Gasteiger partial charge in [0.2, 0.25) is 10.0 Å². The van der Waals surface area contributed by atoms with Crippen molar-refractivity contribution in [3.8, 4) is 5.75 Å². The van der Waals surface area contributed by atoms with E-state index in [2.05, 4.69) is 10.6 Å². The lowest BCUT2D eigenvalue weighted by Gasteiger charge is -2.26. The maximum absolute atomic E-state index is 12.9. The molecule has 150 valence electrons. The number of benzene rings is 1. The third kappa shape index (κ3) is 5.10. The first kappa shape index (κ1) is 20.3. The van der Waals surface area contributed by atoms with E-state index in [1.165, 1.54) is 0 Å². The third-order valence-electron chi connectivity index (χ3n) is 4.89. The molecule has 2 fully saturated rings. The Kier molecular flexibility index (Phi) is 6.91. The number of thiocarbonyl (C=S) groups is 1. The lowest BCUT2D eigenvalue weighted by atomic mass is 10.2. The van der Waals surface area contributed by atoms with Crippen LogP contribution in [0.1, 0.15) is 32.1 Å². The van der Waals surface area contributed by atoms with Gasteiger partial charge in [-0.15, -0.1) is 0 Å². The second-order valence-electron chi connectivity index (χ2n) is 6.80. The van der Waals surface area contributed by atoms with Gasteiger partial charge in [0.1, 0.15) is 5.75 Å². The zero-order valence-corrected chi connectivity index (χ0v) is 17.2. The number of hydrogen-bond donors (Lipinski definition) is 2. The fourth-order valence-electron chi connectivity index (χ4n) is 3.38. The summed E-state index contributed by atoms with van der Waals surface area (Å²) in [6, 6.07) is 4.82. The summed E-state index contributed by atoms with van der Waals surface area (Å²) in [5.41, 5.74) is 0.528. The predicted molar refractivity (Wildman–Crippen MR) is 109 cm³/mol. The number of hydrogen-bond acceptors (Lipinski definition) is 5. The summed E-state index contributed by atoms with van der Waals surface area (Å²) in [5, 5.41) is 6.60. The van der Waals surface area contributed by atoms with Crippen LogP contribution >= 0.6 is 12.2 Å². The molecular formula is C18H27N3O4S2. The van der Waals surface area contributed by atoms with Crippen molar-refractivity contribution in [2.75, 3.05) is 38.7 Å². The van der Waals surface area contributed by atoms with E-state index in [1.807, 2.05) is 0 Å². The molecule has 0 radical (unpaired) electrons. The van der Waals surface area contributed by atoms with Gasteiger partial charge in [0, 0.05) is 26.2 Å². The summed E-state index contributed by atoms with van der Waals surface area (Å²) < 4.78 is 38.3. The highest BCUT2D eigenvalue weighted by atomic mass is 32.2. The number of anilines is 1. The lowest BCUT2D eigenvalue weighted by molar-refractivity contribution is 0.114. The van der Waals surface area contributed by atoms with E-state index in [4.69, 9.17) is 21.7 Å². The van der Waals surface area contributed by atoms with Crippen LogP contribution in [0.4, 0.5) is 5.69 Å². The first-order valence-electron chi connectivity index (χ1n) is 9.35. The molecule has 2 aliphatic rings. The van der Waals surface area contributed by atoms with E-state index in [-0.39, 0.29) is 11.0 Å². The molecule has 1 aromatic rings. The number of rotatable bonds is 6. The summed E-state index contributed by atoms with van der Waals surface area (Å²) in [4.78, 5) is 0.245. The van der Waals surface area contributed by atoms with Gasteiger partial charge in [-0.3, -0.25) is 0 Å². The molecule has 27 heavy (non-hydrogen) atoms. The fourth-order valence-corrected chi connectivity index (χ4v) is 5.12. The molecular weight excluding hydrogens is 386 g/mol. The third-order valence-corrected chi connectivity index (χ3v) is 7.03. The van der Waals surface area contributed by atoms with Crippen molar-refractivity contribution < 1.29 is 17.9 Å². The largest absolute Gasteiger partial charge is 0.495 e. The molecule has 2 heterocycles. The highest BCUT2D eigenvalue weighted by molar-refractivity contribution is 7.89. The Bertz CT molecular complexity index is 758. The smallest absolute Gasteiger partial charge is 0.243 e. The predicted octanol–water partition coefficient (Wildman–Crippen LogP) is 2.34. The number of sulfonamides is 1. The number of nitrogens with one attached hydrogen (secondary N) is 2. The molecule has 0 spiro atoms.